The Hall–Kier alpha value is -9.43. The van der Waals surface area contributed by atoms with Crippen LogP contribution in [0, 0.1) is 45.6 Å². The maximum Gasteiger partial charge on any atom is 0.416 e. The van der Waals surface area contributed by atoms with Gasteiger partial charge in [0.25, 0.3) is 0 Å². The number of aryl methyl sites for hydroxylation is 4. The van der Waals surface area contributed by atoms with Crippen molar-refractivity contribution in [1.82, 2.24) is 9.13 Å². The highest BCUT2D eigenvalue weighted by Crippen LogP contribution is 2.47. The van der Waals surface area contributed by atoms with Gasteiger partial charge in [0.15, 0.2) is 0 Å². The molecule has 2 heterocycles. The lowest BCUT2D eigenvalue weighted by atomic mass is 9.96. The summed E-state index contributed by atoms with van der Waals surface area (Å²) < 4.78 is 49.5. The summed E-state index contributed by atoms with van der Waals surface area (Å²) in [6.07, 6.45) is -4.76. The number of hydrogen-bond donors (Lipinski definition) is 0. The molecule has 0 radical (unpaired) electrons. The summed E-state index contributed by atoms with van der Waals surface area (Å²) in [4.78, 5) is 4.32. The Kier molecular flexibility index (Phi) is 10.9. The molecule has 0 aliphatic carbocycles. The average molecular weight is 963 g/mol. The Bertz CT molecular complexity index is 4180. The zero-order valence-corrected chi connectivity index (χ0v) is 41.0. The minimum Gasteiger partial charge on any atom is -0.319 e. The van der Waals surface area contributed by atoms with Crippen LogP contribution in [0.25, 0.3) is 115 Å². The average Bonchev–Trinajstić information content (AvgIpc) is 3.91. The number of aromatic nitrogens is 2. The van der Waals surface area contributed by atoms with Gasteiger partial charge in [-0.25, -0.2) is 4.85 Å². The zero-order valence-electron chi connectivity index (χ0n) is 41.0. The summed E-state index contributed by atoms with van der Waals surface area (Å²) in [7, 11) is 0. The third kappa shape index (κ3) is 7.61. The second-order valence-electron chi connectivity index (χ2n) is 19.2. The molecule has 354 valence electrons. The topological polar surface area (TPSA) is 38.0 Å². The van der Waals surface area contributed by atoms with E-state index in [0.717, 1.165) is 123 Å². The van der Waals surface area contributed by atoms with Crippen molar-refractivity contribution < 1.29 is 13.2 Å². The third-order valence-electron chi connectivity index (χ3n) is 14.8. The van der Waals surface area contributed by atoms with E-state index in [0.29, 0.717) is 16.9 Å². The van der Waals surface area contributed by atoms with Crippen LogP contribution in [0.15, 0.2) is 200 Å². The number of nitriles is 1. The van der Waals surface area contributed by atoms with Gasteiger partial charge in [-0.3, -0.25) is 0 Å². The van der Waals surface area contributed by atoms with Gasteiger partial charge < -0.3 is 9.13 Å². The second kappa shape index (κ2) is 17.7. The molecule has 74 heavy (non-hydrogen) atoms. The van der Waals surface area contributed by atoms with Crippen molar-refractivity contribution in [1.29, 1.82) is 5.26 Å². The SMILES string of the molecule is [C-]#[N+]c1cc(-n2c3cc(-c4ccccc4C)ccc3c3ccc(-c4ccccc4C)cc32)c(-c2cc(C#N)cc(C(F)(F)F)c2)cc1-n1c2cc(-c3ccccc3C)ccc2c2ccc(-c3ccccc3C)cc21. The molecular weight excluding hydrogens is 918 g/mol. The van der Waals surface area contributed by atoms with Crippen molar-refractivity contribution in [3.05, 3.63) is 245 Å². The molecule has 0 fully saturated rings. The fourth-order valence-corrected chi connectivity index (χ4v) is 11.1. The Morgan fingerprint density at radius 3 is 1.11 bits per heavy atom. The maximum atomic E-state index is 15.1. The molecule has 0 bridgehead atoms. The van der Waals surface area contributed by atoms with Gasteiger partial charge in [0.05, 0.1) is 51.5 Å². The van der Waals surface area contributed by atoms with Gasteiger partial charge in [0.1, 0.15) is 0 Å². The molecule has 0 saturated carbocycles. The first-order valence-electron chi connectivity index (χ1n) is 24.5. The summed E-state index contributed by atoms with van der Waals surface area (Å²) in [5, 5.41) is 14.2. The first-order valence-corrected chi connectivity index (χ1v) is 24.5. The molecule has 0 amide bonds. The molecule has 12 aromatic rings. The van der Waals surface area contributed by atoms with Crippen LogP contribution in [0.5, 0.6) is 0 Å². The first kappa shape index (κ1) is 45.7. The Morgan fingerprint density at radius 2 is 0.770 bits per heavy atom. The Labute approximate surface area is 426 Å². The monoisotopic (exact) mass is 962 g/mol. The van der Waals surface area contributed by atoms with E-state index in [1.807, 2.05) is 66.7 Å². The summed E-state index contributed by atoms with van der Waals surface area (Å²) in [5.74, 6) is 0. The lowest BCUT2D eigenvalue weighted by Crippen LogP contribution is -2.06. The molecular formula is C67H45F3N4. The zero-order chi connectivity index (χ0) is 51.0. The molecule has 10 aromatic carbocycles. The summed E-state index contributed by atoms with van der Waals surface area (Å²) >= 11 is 0. The summed E-state index contributed by atoms with van der Waals surface area (Å²) in [5.41, 5.74) is 16.5. The molecule has 0 spiro atoms. The normalized spacial score (nSPS) is 11.7. The van der Waals surface area contributed by atoms with Gasteiger partial charge in [0.2, 0.25) is 5.69 Å². The Balaban J connectivity index is 1.24. The van der Waals surface area contributed by atoms with Crippen molar-refractivity contribution in [3.8, 4) is 73.1 Å². The molecule has 12 rings (SSSR count). The van der Waals surface area contributed by atoms with E-state index in [2.05, 4.69) is 163 Å². The smallest absolute Gasteiger partial charge is 0.319 e. The number of hydrogen-bond acceptors (Lipinski definition) is 1. The van der Waals surface area contributed by atoms with Crippen LogP contribution in [-0.2, 0) is 6.18 Å². The minimum absolute atomic E-state index is 0.134. The van der Waals surface area contributed by atoms with Crippen molar-refractivity contribution >= 4 is 49.3 Å². The van der Waals surface area contributed by atoms with Gasteiger partial charge in [-0.15, -0.1) is 0 Å². The van der Waals surface area contributed by atoms with Crippen molar-refractivity contribution in [2.75, 3.05) is 0 Å². The van der Waals surface area contributed by atoms with Crippen molar-refractivity contribution in [2.45, 2.75) is 33.9 Å². The number of benzene rings is 10. The number of fused-ring (bicyclic) bond motifs is 6. The van der Waals surface area contributed by atoms with Crippen LogP contribution in [-0.4, -0.2) is 9.13 Å². The van der Waals surface area contributed by atoms with E-state index < -0.39 is 11.7 Å². The van der Waals surface area contributed by atoms with E-state index in [9.17, 15) is 5.26 Å². The second-order valence-corrected chi connectivity index (χ2v) is 19.2. The molecule has 4 nitrogen and oxygen atoms in total. The van der Waals surface area contributed by atoms with Crippen LogP contribution < -0.4 is 0 Å². The highest BCUT2D eigenvalue weighted by Gasteiger charge is 2.32. The van der Waals surface area contributed by atoms with E-state index in [-0.39, 0.29) is 16.8 Å². The van der Waals surface area contributed by atoms with Crippen LogP contribution >= 0.6 is 0 Å². The van der Waals surface area contributed by atoms with E-state index in [1.165, 1.54) is 6.07 Å². The van der Waals surface area contributed by atoms with Crippen LogP contribution in [0.3, 0.4) is 0 Å². The van der Waals surface area contributed by atoms with E-state index in [1.54, 1.807) is 0 Å². The number of rotatable bonds is 7. The molecule has 0 atom stereocenters. The predicted octanol–water partition coefficient (Wildman–Crippen LogP) is 18.9. The highest BCUT2D eigenvalue weighted by atomic mass is 19.4. The lowest BCUT2D eigenvalue weighted by molar-refractivity contribution is -0.137. The fourth-order valence-electron chi connectivity index (χ4n) is 11.1. The molecule has 0 aliphatic heterocycles. The quantitative estimate of drug-likeness (QED) is 0.147. The third-order valence-corrected chi connectivity index (χ3v) is 14.8. The van der Waals surface area contributed by atoms with E-state index in [4.69, 9.17) is 6.57 Å². The van der Waals surface area contributed by atoms with Gasteiger partial charge in [-0.2, -0.15) is 18.4 Å². The van der Waals surface area contributed by atoms with Crippen LogP contribution in [0.2, 0.25) is 0 Å². The molecule has 7 heteroatoms. The minimum atomic E-state index is -4.76. The van der Waals surface area contributed by atoms with Crippen LogP contribution in [0.4, 0.5) is 18.9 Å². The maximum absolute atomic E-state index is 15.1. The number of nitrogens with zero attached hydrogens (tertiary/aromatic N) is 4. The largest absolute Gasteiger partial charge is 0.416 e. The van der Waals surface area contributed by atoms with Crippen molar-refractivity contribution in [2.24, 2.45) is 0 Å². The lowest BCUT2D eigenvalue weighted by Gasteiger charge is -2.20. The standard InChI is InChI=1S/C67H45F3N4/c1-40-14-6-10-18-51(40)45-22-26-55-56-27-23-46(52-19-11-7-15-41(52)2)34-62(56)73(61(55)33-45)65-38-60(72-5)66(37-59(65)49-30-44(39-71)31-50(32-49)67(68,69)70)74-63-35-47(53-20-12-8-16-42(53)3)24-28-57(63)58-29-25-48(36-64(58)74)54-21-13-9-17-43(54)4/h6-38H,1-4H3. The Morgan fingerprint density at radius 1 is 0.405 bits per heavy atom. The summed E-state index contributed by atoms with van der Waals surface area (Å²) in [6.45, 7) is 17.4. The van der Waals surface area contributed by atoms with Gasteiger partial charge >= 0.3 is 6.18 Å². The molecule has 0 saturated heterocycles. The van der Waals surface area contributed by atoms with E-state index >= 15 is 13.2 Å². The predicted molar refractivity (Wildman–Crippen MR) is 297 cm³/mol. The highest BCUT2D eigenvalue weighted by molar-refractivity contribution is 6.14. The van der Waals surface area contributed by atoms with Gasteiger partial charge in [-0.05, 0) is 155 Å². The fraction of sp³-hybridized carbons (Fsp3) is 0.0746. The molecule has 0 N–H and O–H groups in total. The summed E-state index contributed by atoms with van der Waals surface area (Å²) in [6, 6.07) is 67.6. The van der Waals surface area contributed by atoms with Crippen LogP contribution in [0.1, 0.15) is 33.4 Å². The first-order chi connectivity index (χ1) is 35.9. The molecule has 2 aromatic heterocycles. The molecule has 0 unspecified atom stereocenters. The number of alkyl halides is 3. The van der Waals surface area contributed by atoms with Crippen molar-refractivity contribution in [3.63, 3.8) is 0 Å². The molecule has 0 aliphatic rings. The van der Waals surface area contributed by atoms with Gasteiger partial charge in [-0.1, -0.05) is 146 Å². The van der Waals surface area contributed by atoms with Gasteiger partial charge in [0, 0.05) is 32.8 Å². The number of halogens is 3.